The predicted octanol–water partition coefficient (Wildman–Crippen LogP) is 5.58. The molecular formula is C17H19ClFN. The highest BCUT2D eigenvalue weighted by Crippen LogP contribution is 2.27. The zero-order chi connectivity index (χ0) is 14.9. The highest BCUT2D eigenvalue weighted by Gasteiger charge is 2.12. The van der Waals surface area contributed by atoms with E-state index in [9.17, 15) is 4.39 Å². The highest BCUT2D eigenvalue weighted by molar-refractivity contribution is 6.30. The summed E-state index contributed by atoms with van der Waals surface area (Å²) in [6, 6.07) is 8.88. The van der Waals surface area contributed by atoms with Crippen molar-refractivity contribution < 1.29 is 4.39 Å². The number of rotatable bonds is 3. The summed E-state index contributed by atoms with van der Waals surface area (Å²) in [6.45, 7) is 8.29. The van der Waals surface area contributed by atoms with Gasteiger partial charge in [-0.2, -0.15) is 0 Å². The lowest BCUT2D eigenvalue weighted by molar-refractivity contribution is 0.627. The summed E-state index contributed by atoms with van der Waals surface area (Å²) in [6.07, 6.45) is 0. The molecule has 106 valence electrons. The largest absolute Gasteiger partial charge is 0.376 e. The minimum atomic E-state index is -0.289. The molecule has 0 fully saturated rings. The van der Waals surface area contributed by atoms with Gasteiger partial charge in [0.2, 0.25) is 0 Å². The number of aryl methyl sites for hydroxylation is 3. The van der Waals surface area contributed by atoms with E-state index in [1.807, 2.05) is 6.92 Å². The van der Waals surface area contributed by atoms with Crippen molar-refractivity contribution in [3.63, 3.8) is 0 Å². The highest BCUT2D eigenvalue weighted by atomic mass is 35.5. The molecule has 1 nitrogen and oxygen atoms in total. The van der Waals surface area contributed by atoms with Crippen LogP contribution in [0.3, 0.4) is 0 Å². The second-order valence-corrected chi connectivity index (χ2v) is 5.72. The second-order valence-electron chi connectivity index (χ2n) is 5.28. The van der Waals surface area contributed by atoms with Gasteiger partial charge in [0.05, 0.1) is 5.69 Å². The number of hydrogen-bond acceptors (Lipinski definition) is 1. The number of hydrogen-bond donors (Lipinski definition) is 1. The van der Waals surface area contributed by atoms with Gasteiger partial charge >= 0.3 is 0 Å². The molecule has 0 amide bonds. The lowest BCUT2D eigenvalue weighted by Gasteiger charge is -2.20. The van der Waals surface area contributed by atoms with Crippen LogP contribution in [0.5, 0.6) is 0 Å². The molecule has 0 aliphatic rings. The monoisotopic (exact) mass is 291 g/mol. The summed E-state index contributed by atoms with van der Waals surface area (Å²) in [5.74, 6) is -0.289. The Morgan fingerprint density at radius 3 is 2.35 bits per heavy atom. The average molecular weight is 292 g/mol. The zero-order valence-electron chi connectivity index (χ0n) is 12.2. The molecule has 2 rings (SSSR count). The molecule has 0 aliphatic heterocycles. The van der Waals surface area contributed by atoms with Crippen LogP contribution >= 0.6 is 11.6 Å². The molecule has 20 heavy (non-hydrogen) atoms. The molecule has 0 aromatic heterocycles. The molecule has 1 N–H and O–H groups in total. The van der Waals surface area contributed by atoms with E-state index in [0.29, 0.717) is 10.7 Å². The van der Waals surface area contributed by atoms with E-state index in [1.165, 1.54) is 28.3 Å². The van der Waals surface area contributed by atoms with Crippen molar-refractivity contribution in [3.8, 4) is 0 Å². The average Bonchev–Trinajstić information content (AvgIpc) is 2.38. The summed E-state index contributed by atoms with van der Waals surface area (Å²) < 4.78 is 13.8. The Labute approximate surface area is 124 Å². The fraction of sp³-hybridized carbons (Fsp3) is 0.294. The fourth-order valence-corrected chi connectivity index (χ4v) is 2.54. The van der Waals surface area contributed by atoms with Gasteiger partial charge in [0.15, 0.2) is 0 Å². The van der Waals surface area contributed by atoms with Crippen molar-refractivity contribution in [3.05, 3.63) is 63.4 Å². The topological polar surface area (TPSA) is 12.0 Å². The molecule has 0 heterocycles. The van der Waals surface area contributed by atoms with Crippen LogP contribution in [-0.4, -0.2) is 0 Å². The van der Waals surface area contributed by atoms with Crippen LogP contribution in [0.25, 0.3) is 0 Å². The van der Waals surface area contributed by atoms with Crippen LogP contribution in [0.1, 0.15) is 35.2 Å². The van der Waals surface area contributed by atoms with Gasteiger partial charge in [-0.05, 0) is 68.1 Å². The van der Waals surface area contributed by atoms with Gasteiger partial charge in [0, 0.05) is 11.1 Å². The molecular weight excluding hydrogens is 273 g/mol. The first-order chi connectivity index (χ1) is 9.38. The van der Waals surface area contributed by atoms with Crippen LogP contribution in [0.15, 0.2) is 30.3 Å². The van der Waals surface area contributed by atoms with E-state index in [4.69, 9.17) is 11.6 Å². The van der Waals surface area contributed by atoms with Crippen LogP contribution in [0.2, 0.25) is 5.02 Å². The van der Waals surface area contributed by atoms with E-state index >= 15 is 0 Å². The Morgan fingerprint density at radius 2 is 1.65 bits per heavy atom. The third kappa shape index (κ3) is 3.13. The molecule has 0 aliphatic carbocycles. The maximum absolute atomic E-state index is 13.8. The number of halogens is 2. The quantitative estimate of drug-likeness (QED) is 0.778. The summed E-state index contributed by atoms with van der Waals surface area (Å²) in [5.41, 5.74) is 5.32. The Balaban J connectivity index is 2.30. The minimum absolute atomic E-state index is 0.0160. The summed E-state index contributed by atoms with van der Waals surface area (Å²) in [5, 5.41) is 3.72. The Morgan fingerprint density at radius 1 is 1.00 bits per heavy atom. The molecule has 3 heteroatoms. The molecule has 1 unspecified atom stereocenters. The number of benzene rings is 2. The number of anilines is 1. The van der Waals surface area contributed by atoms with Gasteiger partial charge in [0.1, 0.15) is 5.82 Å². The van der Waals surface area contributed by atoms with Crippen molar-refractivity contribution >= 4 is 17.3 Å². The first-order valence-electron chi connectivity index (χ1n) is 6.68. The van der Waals surface area contributed by atoms with Gasteiger partial charge < -0.3 is 5.32 Å². The first kappa shape index (κ1) is 14.9. The zero-order valence-corrected chi connectivity index (χ0v) is 13.0. The van der Waals surface area contributed by atoms with E-state index in [2.05, 4.69) is 38.2 Å². The summed E-state index contributed by atoms with van der Waals surface area (Å²) in [4.78, 5) is 0. The van der Waals surface area contributed by atoms with Crippen molar-refractivity contribution in [1.82, 2.24) is 0 Å². The third-order valence-electron chi connectivity index (χ3n) is 3.65. The summed E-state index contributed by atoms with van der Waals surface area (Å²) in [7, 11) is 0. The van der Waals surface area contributed by atoms with Crippen molar-refractivity contribution in [2.24, 2.45) is 0 Å². The van der Waals surface area contributed by atoms with Crippen LogP contribution < -0.4 is 5.32 Å². The molecule has 2 aromatic rings. The van der Waals surface area contributed by atoms with Crippen molar-refractivity contribution in [2.75, 3.05) is 5.32 Å². The fourth-order valence-electron chi connectivity index (χ4n) is 2.37. The maximum Gasteiger partial charge on any atom is 0.146 e. The third-order valence-corrected chi connectivity index (χ3v) is 3.88. The van der Waals surface area contributed by atoms with E-state index in [-0.39, 0.29) is 11.9 Å². The Kier molecular flexibility index (Phi) is 4.34. The van der Waals surface area contributed by atoms with E-state index in [0.717, 1.165) is 0 Å². The summed E-state index contributed by atoms with van der Waals surface area (Å²) >= 11 is 5.92. The number of nitrogens with one attached hydrogen (secondary N) is 1. The molecule has 0 saturated carbocycles. The van der Waals surface area contributed by atoms with Gasteiger partial charge in [-0.25, -0.2) is 4.39 Å². The molecule has 0 saturated heterocycles. The lowest BCUT2D eigenvalue weighted by Crippen LogP contribution is -2.10. The normalized spacial score (nSPS) is 12.3. The van der Waals surface area contributed by atoms with Crippen LogP contribution in [-0.2, 0) is 0 Å². The van der Waals surface area contributed by atoms with Gasteiger partial charge in [-0.15, -0.1) is 0 Å². The smallest absolute Gasteiger partial charge is 0.146 e. The molecule has 1 atom stereocenters. The van der Waals surface area contributed by atoms with Gasteiger partial charge in [-0.3, -0.25) is 0 Å². The standard InChI is InChI=1S/C17H19ClFN/c1-10-7-12(3)15(8-11(10)2)13(4)20-17-9-14(18)5-6-16(17)19/h5-9,13,20H,1-4H3. The first-order valence-corrected chi connectivity index (χ1v) is 7.05. The minimum Gasteiger partial charge on any atom is -0.376 e. The maximum atomic E-state index is 13.8. The Hall–Kier alpha value is -1.54. The Bertz CT molecular complexity index is 637. The van der Waals surface area contributed by atoms with Crippen molar-refractivity contribution in [2.45, 2.75) is 33.7 Å². The van der Waals surface area contributed by atoms with Crippen LogP contribution in [0.4, 0.5) is 10.1 Å². The van der Waals surface area contributed by atoms with Gasteiger partial charge in [-0.1, -0.05) is 23.7 Å². The molecule has 0 spiro atoms. The van der Waals surface area contributed by atoms with E-state index < -0.39 is 0 Å². The molecule has 0 bridgehead atoms. The van der Waals surface area contributed by atoms with Gasteiger partial charge in [0.25, 0.3) is 0 Å². The molecule has 0 radical (unpaired) electrons. The predicted molar refractivity (Wildman–Crippen MR) is 84.1 cm³/mol. The second kappa shape index (κ2) is 5.84. The van der Waals surface area contributed by atoms with E-state index in [1.54, 1.807) is 12.1 Å². The SMILES string of the molecule is Cc1cc(C)c(C(C)Nc2cc(Cl)ccc2F)cc1C. The van der Waals surface area contributed by atoms with Crippen LogP contribution in [0, 0.1) is 26.6 Å². The lowest BCUT2D eigenvalue weighted by atomic mass is 9.96. The van der Waals surface area contributed by atoms with Crippen molar-refractivity contribution in [1.29, 1.82) is 0 Å². The molecule has 2 aromatic carbocycles.